The van der Waals surface area contributed by atoms with Gasteiger partial charge in [0.15, 0.2) is 0 Å². The second kappa shape index (κ2) is 2.70. The van der Waals surface area contributed by atoms with Crippen molar-refractivity contribution in [3.05, 3.63) is 29.3 Å². The van der Waals surface area contributed by atoms with Gasteiger partial charge in [0.1, 0.15) is 12.3 Å². The third-order valence-corrected chi connectivity index (χ3v) is 2.21. The molecule has 0 fully saturated rings. The van der Waals surface area contributed by atoms with Crippen molar-refractivity contribution < 1.29 is 9.53 Å². The van der Waals surface area contributed by atoms with Crippen molar-refractivity contribution in [1.29, 1.82) is 0 Å². The summed E-state index contributed by atoms with van der Waals surface area (Å²) >= 11 is 0. The normalized spacial score (nSPS) is 18.6. The highest BCUT2D eigenvalue weighted by molar-refractivity contribution is 5.93. The van der Waals surface area contributed by atoms with Gasteiger partial charge in [0.25, 0.3) is 0 Å². The topological polar surface area (TPSA) is 104 Å². The SMILES string of the molecule is Nc1ccc2c(c1)C(=O)OCC2(N)N. The summed E-state index contributed by atoms with van der Waals surface area (Å²) in [5, 5.41) is 0. The molecule has 1 aromatic carbocycles. The van der Waals surface area contributed by atoms with Crippen LogP contribution < -0.4 is 17.2 Å². The molecule has 2 rings (SSSR count). The molecule has 1 aliphatic heterocycles. The fourth-order valence-corrected chi connectivity index (χ4v) is 1.48. The Balaban J connectivity index is 2.63. The third kappa shape index (κ3) is 1.23. The number of anilines is 1. The van der Waals surface area contributed by atoms with E-state index >= 15 is 0 Å². The molecule has 0 saturated carbocycles. The van der Waals surface area contributed by atoms with Crippen LogP contribution in [0.25, 0.3) is 0 Å². The smallest absolute Gasteiger partial charge is 0.338 e. The molecule has 5 nitrogen and oxygen atoms in total. The van der Waals surface area contributed by atoms with E-state index in [-0.39, 0.29) is 6.61 Å². The Labute approximate surface area is 80.8 Å². The lowest BCUT2D eigenvalue weighted by molar-refractivity contribution is 0.0347. The molecule has 1 aromatic rings. The number of hydrogen-bond donors (Lipinski definition) is 3. The highest BCUT2D eigenvalue weighted by atomic mass is 16.5. The predicted octanol–water partition coefficient (Wildman–Crippen LogP) is -0.491. The molecule has 0 spiro atoms. The lowest BCUT2D eigenvalue weighted by atomic mass is 9.94. The number of carbonyl (C=O) groups excluding carboxylic acids is 1. The average Bonchev–Trinajstić information content (AvgIpc) is 2.12. The summed E-state index contributed by atoms with van der Waals surface area (Å²) in [5.41, 5.74) is 17.4. The fourth-order valence-electron chi connectivity index (χ4n) is 1.48. The van der Waals surface area contributed by atoms with Crippen molar-refractivity contribution in [2.45, 2.75) is 5.66 Å². The number of esters is 1. The maximum atomic E-state index is 11.3. The zero-order chi connectivity index (χ0) is 10.3. The zero-order valence-electron chi connectivity index (χ0n) is 7.49. The van der Waals surface area contributed by atoms with E-state index in [1.165, 1.54) is 6.07 Å². The maximum absolute atomic E-state index is 11.3. The lowest BCUT2D eigenvalue weighted by Gasteiger charge is -2.30. The number of hydrogen-bond acceptors (Lipinski definition) is 5. The number of nitrogen functional groups attached to an aromatic ring is 1. The summed E-state index contributed by atoms with van der Waals surface area (Å²) in [5.74, 6) is -0.432. The minimum Gasteiger partial charge on any atom is -0.458 e. The van der Waals surface area contributed by atoms with Crippen molar-refractivity contribution in [2.75, 3.05) is 12.3 Å². The van der Waals surface area contributed by atoms with Gasteiger partial charge in [0, 0.05) is 11.3 Å². The largest absolute Gasteiger partial charge is 0.458 e. The predicted molar refractivity (Wildman–Crippen MR) is 51.2 cm³/mol. The molecule has 0 radical (unpaired) electrons. The Morgan fingerprint density at radius 3 is 2.79 bits per heavy atom. The van der Waals surface area contributed by atoms with Gasteiger partial charge in [-0.25, -0.2) is 4.79 Å². The van der Waals surface area contributed by atoms with Gasteiger partial charge < -0.3 is 21.9 Å². The average molecular weight is 193 g/mol. The first-order valence-electron chi connectivity index (χ1n) is 4.15. The van der Waals surface area contributed by atoms with Crippen LogP contribution in [0.4, 0.5) is 5.69 Å². The molecule has 0 saturated heterocycles. The zero-order valence-corrected chi connectivity index (χ0v) is 7.49. The van der Waals surface area contributed by atoms with Crippen LogP contribution in [0.1, 0.15) is 15.9 Å². The maximum Gasteiger partial charge on any atom is 0.338 e. The Morgan fingerprint density at radius 1 is 1.36 bits per heavy atom. The molecule has 0 aromatic heterocycles. The number of fused-ring (bicyclic) bond motifs is 1. The number of benzene rings is 1. The summed E-state index contributed by atoms with van der Waals surface area (Å²) in [7, 11) is 0. The Hall–Kier alpha value is -1.59. The molecule has 0 bridgehead atoms. The van der Waals surface area contributed by atoms with Crippen molar-refractivity contribution in [3.63, 3.8) is 0 Å². The van der Waals surface area contributed by atoms with Crippen LogP contribution in [0.3, 0.4) is 0 Å². The minimum atomic E-state index is -1.11. The van der Waals surface area contributed by atoms with E-state index in [9.17, 15) is 4.79 Å². The first-order chi connectivity index (χ1) is 6.50. The van der Waals surface area contributed by atoms with Crippen LogP contribution in [0, 0.1) is 0 Å². The third-order valence-electron chi connectivity index (χ3n) is 2.21. The van der Waals surface area contributed by atoms with Crippen LogP contribution in [0.15, 0.2) is 18.2 Å². The summed E-state index contributed by atoms with van der Waals surface area (Å²) in [6.45, 7) is -0.0112. The van der Waals surface area contributed by atoms with E-state index in [4.69, 9.17) is 21.9 Å². The monoisotopic (exact) mass is 193 g/mol. The fraction of sp³-hybridized carbons (Fsp3) is 0.222. The van der Waals surface area contributed by atoms with Gasteiger partial charge >= 0.3 is 5.97 Å². The number of nitrogens with two attached hydrogens (primary N) is 3. The molecule has 6 N–H and O–H groups in total. The van der Waals surface area contributed by atoms with Gasteiger partial charge in [-0.15, -0.1) is 0 Å². The van der Waals surface area contributed by atoms with Crippen LogP contribution >= 0.6 is 0 Å². The highest BCUT2D eigenvalue weighted by Gasteiger charge is 2.34. The summed E-state index contributed by atoms with van der Waals surface area (Å²) in [4.78, 5) is 11.3. The Bertz CT molecular complexity index is 401. The molecule has 14 heavy (non-hydrogen) atoms. The van der Waals surface area contributed by atoms with Crippen molar-refractivity contribution >= 4 is 11.7 Å². The second-order valence-electron chi connectivity index (χ2n) is 3.42. The Kier molecular flexibility index (Phi) is 1.73. The van der Waals surface area contributed by atoms with E-state index in [1.807, 2.05) is 0 Å². The van der Waals surface area contributed by atoms with E-state index in [1.54, 1.807) is 12.1 Å². The molecule has 74 valence electrons. The van der Waals surface area contributed by atoms with E-state index < -0.39 is 11.6 Å². The molecule has 1 aliphatic rings. The summed E-state index contributed by atoms with van der Waals surface area (Å²) in [6.07, 6.45) is 0. The highest BCUT2D eigenvalue weighted by Crippen LogP contribution is 2.26. The minimum absolute atomic E-state index is 0.0112. The molecule has 0 amide bonds. The van der Waals surface area contributed by atoms with Crippen molar-refractivity contribution in [1.82, 2.24) is 0 Å². The first-order valence-corrected chi connectivity index (χ1v) is 4.15. The van der Waals surface area contributed by atoms with Gasteiger partial charge in [-0.05, 0) is 12.1 Å². The molecule has 0 aliphatic carbocycles. The number of rotatable bonds is 0. The lowest BCUT2D eigenvalue weighted by Crippen LogP contribution is -2.53. The second-order valence-corrected chi connectivity index (χ2v) is 3.42. The molecular formula is C9H11N3O2. The molecule has 0 unspecified atom stereocenters. The van der Waals surface area contributed by atoms with Crippen LogP contribution in [0.2, 0.25) is 0 Å². The van der Waals surface area contributed by atoms with Gasteiger partial charge in [0.2, 0.25) is 0 Å². The summed E-state index contributed by atoms with van der Waals surface area (Å²) in [6, 6.07) is 4.84. The number of cyclic esters (lactones) is 1. The van der Waals surface area contributed by atoms with Gasteiger partial charge in [0.05, 0.1) is 5.56 Å². The van der Waals surface area contributed by atoms with E-state index in [0.29, 0.717) is 16.8 Å². The molecular weight excluding hydrogens is 182 g/mol. The van der Waals surface area contributed by atoms with E-state index in [2.05, 4.69) is 0 Å². The quantitative estimate of drug-likeness (QED) is 0.293. The number of carbonyl (C=O) groups is 1. The van der Waals surface area contributed by atoms with Gasteiger partial charge in [-0.3, -0.25) is 0 Å². The van der Waals surface area contributed by atoms with Crippen molar-refractivity contribution in [2.24, 2.45) is 11.5 Å². The number of ether oxygens (including phenoxy) is 1. The van der Waals surface area contributed by atoms with Crippen LogP contribution in [0.5, 0.6) is 0 Å². The molecule has 5 heteroatoms. The summed E-state index contributed by atoms with van der Waals surface area (Å²) < 4.78 is 4.83. The van der Waals surface area contributed by atoms with Crippen molar-refractivity contribution in [3.8, 4) is 0 Å². The van der Waals surface area contributed by atoms with E-state index in [0.717, 1.165) is 0 Å². The van der Waals surface area contributed by atoms with Gasteiger partial charge in [-0.2, -0.15) is 0 Å². The van der Waals surface area contributed by atoms with Gasteiger partial charge in [-0.1, -0.05) is 6.07 Å². The van der Waals surface area contributed by atoms with Crippen LogP contribution in [-0.4, -0.2) is 12.6 Å². The van der Waals surface area contributed by atoms with Crippen LogP contribution in [-0.2, 0) is 10.4 Å². The molecule has 0 atom stereocenters. The Morgan fingerprint density at radius 2 is 2.07 bits per heavy atom. The standard InChI is InChI=1S/C9H11N3O2/c10-5-1-2-7-6(3-5)8(13)14-4-9(7,11)12/h1-3H,4,10-12H2. The molecule has 1 heterocycles. The first kappa shape index (κ1) is 8.98.